The molecule has 1 N–H and O–H groups in total. The number of nitrogens with zero attached hydrogens (tertiary/aromatic N) is 2. The minimum Gasteiger partial charge on any atom is -1.00 e. The van der Waals surface area contributed by atoms with E-state index in [1.807, 2.05) is 6.07 Å². The molecule has 3 aromatic carbocycles. The van der Waals surface area contributed by atoms with E-state index in [4.69, 9.17) is 28.4 Å². The van der Waals surface area contributed by atoms with Crippen LogP contribution < -0.4 is 29.7 Å². The van der Waals surface area contributed by atoms with Crippen LogP contribution in [-0.4, -0.2) is 140 Å². The predicted octanol–water partition coefficient (Wildman–Crippen LogP) is 32.2. The summed E-state index contributed by atoms with van der Waals surface area (Å²) in [6, 6.07) is 32.1. The van der Waals surface area contributed by atoms with Gasteiger partial charge in [-0.25, -0.2) is 0 Å². The molecule has 0 aliphatic rings. The number of benzene rings is 3. The first-order valence-corrected chi connectivity index (χ1v) is 62.0. The smallest absolute Gasteiger partial charge is 0.306 e. The fourth-order valence-electron chi connectivity index (χ4n) is 19.1. The van der Waals surface area contributed by atoms with Crippen molar-refractivity contribution in [3.8, 4) is 0 Å². The molecule has 0 fully saturated rings. The van der Waals surface area contributed by atoms with E-state index in [9.17, 15) is 9.59 Å². The Kier molecular flexibility index (Phi) is 118. The number of unbranched alkanes of at least 4 members (excludes halogenated alkanes) is 60. The molecule has 3 rings (SSSR count). The predicted molar refractivity (Wildman–Crippen MR) is 636 cm³/mol. The molecule has 854 valence electrons. The normalized spacial score (nSPS) is 12.2. The molecule has 2 unspecified atom stereocenters. The van der Waals surface area contributed by atoms with Crippen molar-refractivity contribution in [2.45, 2.75) is 549 Å². The van der Waals surface area contributed by atoms with E-state index in [2.05, 4.69) is 228 Å². The van der Waals surface area contributed by atoms with Crippen molar-refractivity contribution < 1.29 is 76.7 Å². The van der Waals surface area contributed by atoms with Crippen LogP contribution in [0.1, 0.15) is 533 Å². The van der Waals surface area contributed by atoms with Crippen LogP contribution in [0.5, 0.6) is 0 Å². The molecule has 0 heterocycles. The van der Waals surface area contributed by atoms with Crippen LogP contribution in [0.4, 0.5) is 0 Å². The lowest BCUT2D eigenvalue weighted by molar-refractivity contribution is -0.914. The van der Waals surface area contributed by atoms with Crippen molar-refractivity contribution in [2.24, 2.45) is 0 Å². The molecular weight excluding hydrogens is 1870 g/mol. The Morgan fingerprint density at radius 3 is 0.782 bits per heavy atom. The Bertz CT molecular complexity index is 3230. The Morgan fingerprint density at radius 2 is 0.490 bits per heavy atom. The molecule has 0 saturated carbocycles. The van der Waals surface area contributed by atoms with Gasteiger partial charge in [0.05, 0.1) is 48.0 Å². The van der Waals surface area contributed by atoms with Gasteiger partial charge in [0, 0.05) is 56.0 Å². The summed E-state index contributed by atoms with van der Waals surface area (Å²) in [4.78, 5) is 27.1. The lowest BCUT2D eigenvalue weighted by atomic mass is 10.1. The van der Waals surface area contributed by atoms with E-state index in [1.54, 1.807) is 4.90 Å². The Balaban J connectivity index is -0.00000210. The van der Waals surface area contributed by atoms with Crippen LogP contribution in [0.3, 0.4) is 0 Å². The summed E-state index contributed by atoms with van der Waals surface area (Å²) in [5.74, 6) is -0.375. The van der Waals surface area contributed by atoms with Crippen molar-refractivity contribution >= 4 is 24.3 Å². The highest BCUT2D eigenvalue weighted by atomic mass is 35.5. The average molecular weight is 2110 g/mol. The molecule has 0 aliphatic heterocycles. The van der Waals surface area contributed by atoms with Gasteiger partial charge in [0.2, 0.25) is 0 Å². The second-order valence-corrected chi connectivity index (χ2v) is 43.9. The van der Waals surface area contributed by atoms with Crippen molar-refractivity contribution in [3.63, 3.8) is 0 Å². The van der Waals surface area contributed by atoms with Gasteiger partial charge >= 0.3 is 11.9 Å². The van der Waals surface area contributed by atoms with E-state index >= 15 is 0 Å². The van der Waals surface area contributed by atoms with E-state index < -0.39 is 6.10 Å². The first-order chi connectivity index (χ1) is 70.8. The summed E-state index contributed by atoms with van der Waals surface area (Å²) in [7, 11) is 8.92. The molecule has 0 amide bonds. The molecule has 147 heavy (non-hydrogen) atoms. The van der Waals surface area contributed by atoms with Crippen LogP contribution in [0, 0.1) is 0 Å². The van der Waals surface area contributed by atoms with Crippen molar-refractivity contribution in [1.29, 1.82) is 0 Å². The number of hydrogen-bond acceptors (Lipinski definition) is 8. The van der Waals surface area contributed by atoms with E-state index in [0.29, 0.717) is 30.5 Å². The van der Waals surface area contributed by atoms with Crippen molar-refractivity contribution in [1.82, 2.24) is 0 Å². The number of esters is 2. The summed E-state index contributed by atoms with van der Waals surface area (Å²) in [6.45, 7) is 26.2. The third kappa shape index (κ3) is 111. The van der Waals surface area contributed by atoms with E-state index in [-0.39, 0.29) is 61.9 Å². The highest BCUT2D eigenvalue weighted by molar-refractivity contribution is 5.85. The zero-order valence-electron chi connectivity index (χ0n) is 98.0. The molecule has 0 aromatic heterocycles. The van der Waals surface area contributed by atoms with Crippen LogP contribution >= 0.6 is 12.4 Å². The maximum atomic E-state index is 12.9. The summed E-state index contributed by atoms with van der Waals surface area (Å²) in [5, 5.41) is 0. The highest BCUT2D eigenvalue weighted by Gasteiger charge is 2.28. The van der Waals surface area contributed by atoms with Crippen LogP contribution in [0.2, 0.25) is 0 Å². The summed E-state index contributed by atoms with van der Waals surface area (Å²) in [6.07, 6.45) is 122. The van der Waals surface area contributed by atoms with Crippen LogP contribution in [0.25, 0.3) is 0 Å². The standard InChI is InChI=1S/C46H80NO4.C45H81NO2.C42H76NO2.3ClH/c1-5-7-9-11-13-15-17-19-21-23-25-27-29-34-38-45(48)50-42-44(41-47(3,4)40-43-36-32-31-33-37-43)51-46(49)39-35-30-28-26-24-22-20-18-16-14-12-10-8-6-2;1-3-5-7-9-11-13-15-17-19-21-23-25-27-29-34-40-47-42-38-46(44-45-36-32-31-33-37-45)39-43-48-41-35-30-28-26-24-22-20-18-16-14-12-10-8-6-4-2;1-5-7-9-11-13-15-17-19-21-23-25-27-32-36-44-40-42(39-43(3,4)38-41-34-30-29-31-35-41)45-37-33-28-26-24-22-20-18-16-14-12-10-8-6-2;;;/h19-22,31-33,36-37,44H,5-18,23-30,34-35,38-42H2,1-4H3;17-20,31-33,36-37H,3-16,21-30,34-35,38-44H2,1-2H3;19-22,29-31,34-35,42H,5-18,23-28,32-33,36-40H2,1-4H3;3*1H/q+1;;+1;;;/p-1/b21-19-,22-20-;19-17-,20-18-;21-19-,22-20-;;;. The lowest BCUT2D eigenvalue weighted by Crippen LogP contribution is -3.11. The van der Waals surface area contributed by atoms with Gasteiger partial charge in [-0.05, 0) is 193 Å². The zero-order chi connectivity index (χ0) is 104. The molecule has 14 heteroatoms. The third-order valence-electron chi connectivity index (χ3n) is 28.0. The highest BCUT2D eigenvalue weighted by Crippen LogP contribution is 2.22. The Morgan fingerprint density at radius 1 is 0.259 bits per heavy atom. The minimum atomic E-state index is -0.458. The number of quaternary nitrogens is 3. The number of halogens is 3. The number of rotatable bonds is 106. The second-order valence-electron chi connectivity index (χ2n) is 43.9. The van der Waals surface area contributed by atoms with Gasteiger partial charge in [-0.15, -0.1) is 12.4 Å². The number of carbonyl (C=O) groups excluding carboxylic acids is 2. The first kappa shape index (κ1) is 147. The zero-order valence-corrected chi connectivity index (χ0v) is 100. The quantitative estimate of drug-likeness (QED) is 0.0259. The molecule has 3 aromatic rings. The van der Waals surface area contributed by atoms with Gasteiger partial charge in [-0.2, -0.15) is 0 Å². The average Bonchev–Trinajstić information content (AvgIpc) is 0.846. The van der Waals surface area contributed by atoms with Crippen molar-refractivity contribution in [3.05, 3.63) is 181 Å². The molecule has 0 saturated heterocycles. The number of carbonyl (C=O) groups is 2. The Labute approximate surface area is 931 Å². The van der Waals surface area contributed by atoms with Gasteiger partial charge in [0.15, 0.2) is 6.10 Å². The fourth-order valence-corrected chi connectivity index (χ4v) is 19.1. The maximum Gasteiger partial charge on any atom is 0.306 e. The van der Waals surface area contributed by atoms with Gasteiger partial charge in [0.1, 0.15) is 58.5 Å². The monoisotopic (exact) mass is 2110 g/mol. The summed E-state index contributed by atoms with van der Waals surface area (Å²) < 4.78 is 38.0. The molecule has 11 nitrogen and oxygen atoms in total. The molecule has 0 radical (unpaired) electrons. The molecule has 0 bridgehead atoms. The maximum absolute atomic E-state index is 12.9. The number of hydrogen-bond donors (Lipinski definition) is 1. The van der Waals surface area contributed by atoms with Crippen molar-refractivity contribution in [2.75, 3.05) is 107 Å². The topological polar surface area (TPSA) is 94.0 Å². The van der Waals surface area contributed by atoms with Gasteiger partial charge in [-0.3, -0.25) is 9.59 Å². The summed E-state index contributed by atoms with van der Waals surface area (Å²) in [5.41, 5.74) is 4.02. The molecule has 0 spiro atoms. The number of allylic oxidation sites excluding steroid dienone is 12. The van der Waals surface area contributed by atoms with E-state index in [0.717, 1.165) is 148 Å². The van der Waals surface area contributed by atoms with Crippen LogP contribution in [-0.2, 0) is 57.6 Å². The first-order valence-electron chi connectivity index (χ1n) is 62.0. The Hall–Kier alpha value is -4.37. The number of ether oxygens (including phenoxy) is 6. The van der Waals surface area contributed by atoms with Gasteiger partial charge in [0.25, 0.3) is 0 Å². The minimum absolute atomic E-state index is 0. The second kappa shape index (κ2) is 119. The molecule has 0 aliphatic carbocycles. The third-order valence-corrected chi connectivity index (χ3v) is 28.0. The largest absolute Gasteiger partial charge is 1.00 e. The SMILES string of the molecule is CCCCCCCC/C=C\CCCCCCC(=O)OCC(C[N+](C)(C)Cc1ccccc1)OC(=O)CCCCCC/C=C\CCCCCCCC.CCCCCCCC/C=C\CCCCCCCOCC[NH+](CCOCCCCCCC/C=C\CCCCCCCC)Cc1ccccc1.CCCCCCCC/C=C\CCCCCOCC(C[N+](C)(C)Cc1ccccc1)OCCCCC/C=C\CCCCCCCC.Cl.[Cl-].[Cl-]. The molecule has 2 atom stereocenters. The fraction of sp³-hybridized carbons (Fsp3) is 0.759. The number of likely N-dealkylation sites (N-methyl/N-ethyl adjacent to an activating group) is 2. The van der Waals surface area contributed by atoms with Gasteiger partial charge < -0.3 is 67.1 Å². The van der Waals surface area contributed by atoms with Gasteiger partial charge in [-0.1, -0.05) is 475 Å². The number of nitrogens with one attached hydrogen (secondary N) is 1. The van der Waals surface area contributed by atoms with Crippen LogP contribution in [0.15, 0.2) is 164 Å². The summed E-state index contributed by atoms with van der Waals surface area (Å²) >= 11 is 0. The van der Waals surface area contributed by atoms with E-state index in [1.165, 1.54) is 415 Å². The molecular formula is C133H239Cl3N3O8+. The lowest BCUT2D eigenvalue weighted by Gasteiger charge is -2.33.